The number of hydrogen-bond acceptors (Lipinski definition) is 12. The van der Waals surface area contributed by atoms with Crippen LogP contribution < -0.4 is 0 Å². The second kappa shape index (κ2) is 25.2. The predicted molar refractivity (Wildman–Crippen MR) is 236 cm³/mol. The normalized spacial score (nSPS) is 17.8. The van der Waals surface area contributed by atoms with Gasteiger partial charge in [-0.2, -0.15) is 10.5 Å². The average Bonchev–Trinajstić information content (AvgIpc) is 3.88. The summed E-state index contributed by atoms with van der Waals surface area (Å²) in [7, 11) is 0. The third-order valence-corrected chi connectivity index (χ3v) is 22.8. The first-order chi connectivity index (χ1) is 23.7. The molecular weight excluding hydrogens is 781 g/mol. The highest BCUT2D eigenvalue weighted by Gasteiger charge is 2.37. The van der Waals surface area contributed by atoms with Crippen LogP contribution in [0.4, 0.5) is 0 Å². The summed E-state index contributed by atoms with van der Waals surface area (Å²) in [6.07, 6.45) is 27.9. The number of unbranched alkanes of at least 4 members (excludes halogenated alkanes) is 18. The predicted octanol–water partition coefficient (Wildman–Crippen LogP) is 17.0. The van der Waals surface area contributed by atoms with Gasteiger partial charge in [0.1, 0.15) is 21.9 Å². The van der Waals surface area contributed by atoms with Gasteiger partial charge in [-0.1, -0.05) is 224 Å². The molecule has 0 aromatic rings. The van der Waals surface area contributed by atoms with Crippen LogP contribution in [0.15, 0.2) is 43.7 Å². The van der Waals surface area contributed by atoms with Gasteiger partial charge in [0.15, 0.2) is 0 Å². The Morgan fingerprint density at radius 3 is 0.958 bits per heavy atom. The van der Waals surface area contributed by atoms with Crippen LogP contribution in [0.2, 0.25) is 0 Å². The Labute approximate surface area is 334 Å². The topological polar surface area (TPSA) is 47.6 Å². The molecule has 4 heterocycles. The minimum Gasteiger partial charge on any atom is -0.192 e. The van der Waals surface area contributed by atoms with Crippen molar-refractivity contribution < 1.29 is 0 Å². The van der Waals surface area contributed by atoms with Crippen LogP contribution in [0.5, 0.6) is 0 Å². The molecule has 0 unspecified atom stereocenters. The molecule has 264 valence electrons. The van der Waals surface area contributed by atoms with Crippen molar-refractivity contribution in [2.45, 2.75) is 142 Å². The molecule has 48 heavy (non-hydrogen) atoms. The number of rotatable bonds is 24. The van der Waals surface area contributed by atoms with Gasteiger partial charge in [-0.15, -0.1) is 23.5 Å². The second-order valence-corrected chi connectivity index (χ2v) is 24.5. The molecule has 4 aliphatic rings. The quantitative estimate of drug-likeness (QED) is 0.0871. The molecule has 0 spiro atoms. The Morgan fingerprint density at radius 1 is 0.375 bits per heavy atom. The van der Waals surface area contributed by atoms with Gasteiger partial charge in [0.05, 0.1) is 33.9 Å². The summed E-state index contributed by atoms with van der Waals surface area (Å²) in [4.78, 5) is 1.08. The average molecular weight is 831 g/mol. The van der Waals surface area contributed by atoms with Gasteiger partial charge in [-0.05, 0) is 24.3 Å². The van der Waals surface area contributed by atoms with Crippen molar-refractivity contribution in [3.63, 3.8) is 0 Å². The van der Waals surface area contributed by atoms with Gasteiger partial charge in [-0.3, -0.25) is 0 Å². The van der Waals surface area contributed by atoms with E-state index in [-0.39, 0.29) is 0 Å². The van der Waals surface area contributed by atoms with E-state index in [0.29, 0.717) is 9.81 Å². The van der Waals surface area contributed by atoms with E-state index in [2.05, 4.69) is 49.5 Å². The van der Waals surface area contributed by atoms with Crippen molar-refractivity contribution in [2.24, 2.45) is 0 Å². The highest BCUT2D eigenvalue weighted by atomic mass is 32.3. The van der Waals surface area contributed by atoms with Crippen molar-refractivity contribution in [1.29, 1.82) is 10.5 Å². The fraction of sp³-hybridized carbons (Fsp3) is 0.667. The van der Waals surface area contributed by atoms with Crippen LogP contribution in [0.25, 0.3) is 0 Å². The highest BCUT2D eigenvalue weighted by Crippen LogP contribution is 2.72. The van der Waals surface area contributed by atoms with E-state index in [1.165, 1.54) is 185 Å². The zero-order valence-corrected chi connectivity index (χ0v) is 36.7. The van der Waals surface area contributed by atoms with Crippen LogP contribution in [0.1, 0.15) is 142 Å². The molecule has 0 saturated heterocycles. The van der Waals surface area contributed by atoms with E-state index >= 15 is 0 Å². The summed E-state index contributed by atoms with van der Waals surface area (Å²) >= 11 is 18.7. The number of nitriles is 2. The summed E-state index contributed by atoms with van der Waals surface area (Å²) in [5, 5.41) is 18.8. The Kier molecular flexibility index (Phi) is 22.1. The van der Waals surface area contributed by atoms with E-state index in [9.17, 15) is 10.5 Å². The summed E-state index contributed by atoms with van der Waals surface area (Å²) in [6.45, 7) is 4.59. The van der Waals surface area contributed by atoms with E-state index < -0.39 is 0 Å². The first kappa shape index (κ1) is 41.9. The third-order valence-electron chi connectivity index (χ3n) is 8.04. The number of hydrogen-bond donors (Lipinski definition) is 0. The first-order valence-corrected chi connectivity index (χ1v) is 26.4. The molecular formula is C36H50N2S10. The van der Waals surface area contributed by atoms with Crippen LogP contribution in [0.3, 0.4) is 0 Å². The molecule has 4 aliphatic heterocycles. The van der Waals surface area contributed by atoms with E-state index in [4.69, 9.17) is 0 Å². The largest absolute Gasteiger partial charge is 0.192 e. The number of nitrogens with zero attached hydrogens (tertiary/aromatic N) is 2. The minimum atomic E-state index is 0.539. The summed E-state index contributed by atoms with van der Waals surface area (Å²) in [5.74, 6) is 2.47. The molecule has 12 heteroatoms. The molecule has 0 amide bonds. The van der Waals surface area contributed by atoms with Crippen LogP contribution in [-0.2, 0) is 0 Å². The van der Waals surface area contributed by atoms with Crippen LogP contribution in [-0.4, -0.2) is 11.5 Å². The van der Waals surface area contributed by atoms with Crippen molar-refractivity contribution >= 4 is 118 Å². The van der Waals surface area contributed by atoms with Crippen LogP contribution in [0, 0.1) is 22.7 Å². The lowest BCUT2D eigenvalue weighted by Gasteiger charge is -2.07. The monoisotopic (exact) mass is 830 g/mol. The highest BCUT2D eigenvalue weighted by molar-refractivity contribution is 8.50. The maximum Gasteiger partial charge on any atom is 0.115 e. The van der Waals surface area contributed by atoms with Gasteiger partial charge in [-0.25, -0.2) is 0 Å². The Bertz CT molecular complexity index is 1210. The summed E-state index contributed by atoms with van der Waals surface area (Å²) in [5.41, 5.74) is 0. The lowest BCUT2D eigenvalue weighted by atomic mass is 10.1. The van der Waals surface area contributed by atoms with Crippen molar-refractivity contribution in [2.75, 3.05) is 11.5 Å². The first-order valence-electron chi connectivity index (χ1n) is 17.9. The Morgan fingerprint density at radius 2 is 0.646 bits per heavy atom. The van der Waals surface area contributed by atoms with E-state index in [1.807, 2.05) is 70.6 Å². The number of thioether (sulfide) groups is 10. The maximum atomic E-state index is 9.41. The fourth-order valence-corrected chi connectivity index (χ4v) is 20.4. The van der Waals surface area contributed by atoms with Gasteiger partial charge in [0.25, 0.3) is 0 Å². The molecule has 0 aliphatic carbocycles. The smallest absolute Gasteiger partial charge is 0.115 e. The van der Waals surface area contributed by atoms with Crippen molar-refractivity contribution in [3.8, 4) is 12.1 Å². The number of allylic oxidation sites excluding steroid dienone is 2. The summed E-state index contributed by atoms with van der Waals surface area (Å²) < 4.78 is 11.0. The van der Waals surface area contributed by atoms with Crippen molar-refractivity contribution in [3.05, 3.63) is 43.7 Å². The van der Waals surface area contributed by atoms with Gasteiger partial charge < -0.3 is 0 Å². The molecule has 2 nitrogen and oxygen atoms in total. The Hall–Kier alpha value is 1.18. The molecule has 0 saturated carbocycles. The van der Waals surface area contributed by atoms with Crippen molar-refractivity contribution in [1.82, 2.24) is 0 Å². The van der Waals surface area contributed by atoms with E-state index in [1.54, 1.807) is 8.47 Å². The lowest BCUT2D eigenvalue weighted by molar-refractivity contribution is 0.563. The zero-order chi connectivity index (χ0) is 33.8. The maximum absolute atomic E-state index is 9.41. The molecule has 0 atom stereocenters. The van der Waals surface area contributed by atoms with Gasteiger partial charge in [0, 0.05) is 0 Å². The summed E-state index contributed by atoms with van der Waals surface area (Å²) in [6, 6.07) is 4.39. The lowest BCUT2D eigenvalue weighted by Crippen LogP contribution is -1.85. The van der Waals surface area contributed by atoms with Gasteiger partial charge >= 0.3 is 0 Å². The SMILES string of the molecule is CCCCCCCCCCCCSC1=C(SCCCCCCCCCCCC)SC(=C2SC3=C(SC(=C4SC(C#N)=C(C#N)S4)S3)S2)S1. The molecule has 0 N–H and O–H groups in total. The van der Waals surface area contributed by atoms with Crippen LogP contribution >= 0.6 is 118 Å². The van der Waals surface area contributed by atoms with E-state index in [0.717, 1.165) is 4.24 Å². The molecule has 0 fully saturated rings. The minimum absolute atomic E-state index is 0.539. The molecule has 0 bridgehead atoms. The second-order valence-electron chi connectivity index (χ2n) is 12.1. The Balaban J connectivity index is 1.21. The zero-order valence-electron chi connectivity index (χ0n) is 28.5. The molecule has 4 rings (SSSR count). The molecule has 0 aromatic heterocycles. The standard InChI is InChI=1S/C36H50N2S10/c1-3-5-7-9-11-13-15-17-19-21-23-39-29-30(40-24-22-20-18-16-14-12-10-8-6-4-2)44-33(43-29)34-47-35-36(48-34)46-32(45-35)31-41-27(25-37)28(26-38)42-31/h3-24H2,1-2H3. The third kappa shape index (κ3) is 14.5. The molecule has 0 aromatic carbocycles. The fourth-order valence-electron chi connectivity index (χ4n) is 5.32. The molecule has 0 radical (unpaired) electrons. The van der Waals surface area contributed by atoms with Gasteiger partial charge in [0.2, 0.25) is 0 Å².